The summed E-state index contributed by atoms with van der Waals surface area (Å²) in [7, 11) is 0. The van der Waals surface area contributed by atoms with Gasteiger partial charge in [-0.2, -0.15) is 0 Å². The van der Waals surface area contributed by atoms with E-state index in [9.17, 15) is 9.90 Å². The van der Waals surface area contributed by atoms with E-state index in [2.05, 4.69) is 16.8 Å². The zero-order chi connectivity index (χ0) is 14.7. The van der Waals surface area contributed by atoms with Crippen LogP contribution >= 0.6 is 0 Å². The highest BCUT2D eigenvalue weighted by atomic mass is 16.4. The highest BCUT2D eigenvalue weighted by Gasteiger charge is 2.23. The van der Waals surface area contributed by atoms with E-state index >= 15 is 0 Å². The zero-order valence-electron chi connectivity index (χ0n) is 12.6. The van der Waals surface area contributed by atoms with E-state index in [0.717, 1.165) is 43.1 Å². The molecular formula is C16H24N2O2. The standard InChI is InChI=1S/C16H24N2O2/c1-4-13-6-5-8-18(9-7-13)15-14(16(19)20)11(2)10-12(3)17-15/h10,13H,4-9H2,1-3H3,(H,19,20). The van der Waals surface area contributed by atoms with E-state index in [1.54, 1.807) is 0 Å². The lowest BCUT2D eigenvalue weighted by atomic mass is 9.98. The lowest BCUT2D eigenvalue weighted by molar-refractivity contribution is 0.0696. The lowest BCUT2D eigenvalue weighted by Gasteiger charge is -2.24. The maximum Gasteiger partial charge on any atom is 0.339 e. The highest BCUT2D eigenvalue weighted by molar-refractivity contribution is 5.95. The number of carbonyl (C=O) groups is 1. The minimum Gasteiger partial charge on any atom is -0.478 e. The van der Waals surface area contributed by atoms with E-state index in [4.69, 9.17) is 0 Å². The Labute approximate surface area is 120 Å². The molecule has 0 aliphatic carbocycles. The molecule has 1 fully saturated rings. The SMILES string of the molecule is CCC1CCCN(c2nc(C)cc(C)c2C(=O)O)CC1. The van der Waals surface area contributed by atoms with Gasteiger partial charge in [0.05, 0.1) is 0 Å². The number of hydrogen-bond acceptors (Lipinski definition) is 3. The van der Waals surface area contributed by atoms with Crippen LogP contribution in [0.4, 0.5) is 5.82 Å². The van der Waals surface area contributed by atoms with Gasteiger partial charge >= 0.3 is 5.97 Å². The van der Waals surface area contributed by atoms with Crippen molar-refractivity contribution in [3.63, 3.8) is 0 Å². The van der Waals surface area contributed by atoms with E-state index in [-0.39, 0.29) is 0 Å². The normalized spacial score (nSPS) is 19.8. The van der Waals surface area contributed by atoms with Crippen LogP contribution in [0, 0.1) is 19.8 Å². The third kappa shape index (κ3) is 3.11. The summed E-state index contributed by atoms with van der Waals surface area (Å²) in [6.07, 6.45) is 4.69. The van der Waals surface area contributed by atoms with Crippen LogP contribution in [0.1, 0.15) is 54.2 Å². The van der Waals surface area contributed by atoms with Crippen molar-refractivity contribution in [1.82, 2.24) is 4.98 Å². The fourth-order valence-electron chi connectivity index (χ4n) is 3.10. The number of rotatable bonds is 3. The van der Waals surface area contributed by atoms with Gasteiger partial charge in [0.1, 0.15) is 11.4 Å². The fourth-order valence-corrected chi connectivity index (χ4v) is 3.10. The topological polar surface area (TPSA) is 53.4 Å². The molecule has 4 heteroatoms. The molecule has 1 aromatic rings. The smallest absolute Gasteiger partial charge is 0.339 e. The van der Waals surface area contributed by atoms with Crippen LogP contribution < -0.4 is 4.90 Å². The summed E-state index contributed by atoms with van der Waals surface area (Å²) in [6, 6.07) is 1.85. The average molecular weight is 276 g/mol. The molecule has 1 aromatic heterocycles. The van der Waals surface area contributed by atoms with Crippen molar-refractivity contribution in [3.05, 3.63) is 22.9 Å². The van der Waals surface area contributed by atoms with Gasteiger partial charge in [0, 0.05) is 18.8 Å². The first-order chi connectivity index (χ1) is 9.52. The van der Waals surface area contributed by atoms with Gasteiger partial charge in [0.2, 0.25) is 0 Å². The van der Waals surface area contributed by atoms with E-state index in [1.165, 1.54) is 12.8 Å². The Kier molecular flexibility index (Phi) is 4.63. The van der Waals surface area contributed by atoms with Gasteiger partial charge in [-0.25, -0.2) is 9.78 Å². The summed E-state index contributed by atoms with van der Waals surface area (Å²) in [5.74, 6) is 0.548. The van der Waals surface area contributed by atoms with Gasteiger partial charge in [0.25, 0.3) is 0 Å². The van der Waals surface area contributed by atoms with Crippen LogP contribution in [0.3, 0.4) is 0 Å². The van der Waals surface area contributed by atoms with Crippen molar-refractivity contribution in [2.24, 2.45) is 5.92 Å². The second-order valence-corrected chi connectivity index (χ2v) is 5.78. The summed E-state index contributed by atoms with van der Waals surface area (Å²) in [4.78, 5) is 18.2. The van der Waals surface area contributed by atoms with Gasteiger partial charge in [-0.1, -0.05) is 13.3 Å². The van der Waals surface area contributed by atoms with E-state index < -0.39 is 5.97 Å². The van der Waals surface area contributed by atoms with Gasteiger partial charge in [-0.15, -0.1) is 0 Å². The number of aryl methyl sites for hydroxylation is 2. The zero-order valence-corrected chi connectivity index (χ0v) is 12.6. The first-order valence-corrected chi connectivity index (χ1v) is 7.49. The van der Waals surface area contributed by atoms with Crippen LogP contribution in [0.2, 0.25) is 0 Å². The van der Waals surface area contributed by atoms with Crippen LogP contribution in [0.15, 0.2) is 6.07 Å². The third-order valence-corrected chi connectivity index (χ3v) is 4.26. The molecule has 0 spiro atoms. The number of pyridine rings is 1. The Bertz CT molecular complexity index is 499. The number of carboxylic acid groups (broad SMARTS) is 1. The molecule has 0 aromatic carbocycles. The predicted octanol–water partition coefficient (Wildman–Crippen LogP) is 3.41. The Morgan fingerprint density at radius 3 is 2.80 bits per heavy atom. The van der Waals surface area contributed by atoms with Crippen molar-refractivity contribution in [2.75, 3.05) is 18.0 Å². The molecule has 110 valence electrons. The van der Waals surface area contributed by atoms with Gasteiger partial charge in [0.15, 0.2) is 0 Å². The Hall–Kier alpha value is -1.58. The third-order valence-electron chi connectivity index (χ3n) is 4.26. The Balaban J connectivity index is 2.34. The molecule has 1 unspecified atom stereocenters. The fraction of sp³-hybridized carbons (Fsp3) is 0.625. The quantitative estimate of drug-likeness (QED) is 0.919. The van der Waals surface area contributed by atoms with Crippen molar-refractivity contribution in [2.45, 2.75) is 46.5 Å². The molecule has 2 heterocycles. The highest BCUT2D eigenvalue weighted by Crippen LogP contribution is 2.27. The second-order valence-electron chi connectivity index (χ2n) is 5.78. The average Bonchev–Trinajstić information content (AvgIpc) is 2.62. The molecule has 20 heavy (non-hydrogen) atoms. The first-order valence-electron chi connectivity index (χ1n) is 7.49. The molecule has 0 saturated carbocycles. The number of nitrogens with zero attached hydrogens (tertiary/aromatic N) is 2. The lowest BCUT2D eigenvalue weighted by Crippen LogP contribution is -2.28. The van der Waals surface area contributed by atoms with Gasteiger partial charge < -0.3 is 10.0 Å². The van der Waals surface area contributed by atoms with Gasteiger partial charge in [-0.3, -0.25) is 0 Å². The number of hydrogen-bond donors (Lipinski definition) is 1. The summed E-state index contributed by atoms with van der Waals surface area (Å²) in [6.45, 7) is 7.84. The number of carboxylic acids is 1. The second kappa shape index (κ2) is 6.25. The number of aromatic nitrogens is 1. The number of anilines is 1. The molecule has 1 N–H and O–H groups in total. The molecule has 1 aliphatic heterocycles. The molecule has 0 radical (unpaired) electrons. The van der Waals surface area contributed by atoms with Crippen LogP contribution in [0.5, 0.6) is 0 Å². The molecule has 2 rings (SSSR count). The maximum absolute atomic E-state index is 11.5. The first kappa shape index (κ1) is 14.8. The summed E-state index contributed by atoms with van der Waals surface area (Å²) in [5, 5.41) is 9.47. The molecule has 1 aliphatic rings. The van der Waals surface area contributed by atoms with Crippen molar-refractivity contribution >= 4 is 11.8 Å². The van der Waals surface area contributed by atoms with Gasteiger partial charge in [-0.05, 0) is 50.7 Å². The van der Waals surface area contributed by atoms with Crippen LogP contribution in [-0.4, -0.2) is 29.1 Å². The van der Waals surface area contributed by atoms with Crippen LogP contribution in [0.25, 0.3) is 0 Å². The Morgan fingerprint density at radius 1 is 1.40 bits per heavy atom. The van der Waals surface area contributed by atoms with Crippen LogP contribution in [-0.2, 0) is 0 Å². The van der Waals surface area contributed by atoms with Crippen molar-refractivity contribution in [3.8, 4) is 0 Å². The molecule has 0 amide bonds. The minimum absolute atomic E-state index is 0.366. The summed E-state index contributed by atoms with van der Waals surface area (Å²) in [5.41, 5.74) is 2.06. The predicted molar refractivity (Wildman–Crippen MR) is 80.5 cm³/mol. The largest absolute Gasteiger partial charge is 0.478 e. The molecule has 1 atom stereocenters. The van der Waals surface area contributed by atoms with E-state index in [1.807, 2.05) is 19.9 Å². The van der Waals surface area contributed by atoms with E-state index in [0.29, 0.717) is 11.4 Å². The molecule has 4 nitrogen and oxygen atoms in total. The molecule has 0 bridgehead atoms. The number of aromatic carboxylic acids is 1. The summed E-state index contributed by atoms with van der Waals surface area (Å²) < 4.78 is 0. The summed E-state index contributed by atoms with van der Waals surface area (Å²) >= 11 is 0. The van der Waals surface area contributed by atoms with Crippen molar-refractivity contribution < 1.29 is 9.90 Å². The van der Waals surface area contributed by atoms with Crippen molar-refractivity contribution in [1.29, 1.82) is 0 Å². The monoisotopic (exact) mass is 276 g/mol. The minimum atomic E-state index is -0.874. The molecule has 1 saturated heterocycles. The molecular weight excluding hydrogens is 252 g/mol. The maximum atomic E-state index is 11.5. The Morgan fingerprint density at radius 2 is 2.15 bits per heavy atom.